The average Bonchev–Trinajstić information content (AvgIpc) is 3.34. The number of benzene rings is 5. The molecule has 0 saturated carbocycles. The summed E-state index contributed by atoms with van der Waals surface area (Å²) in [5.74, 6) is -1.24. The summed E-state index contributed by atoms with van der Waals surface area (Å²) in [5, 5.41) is 19.5. The van der Waals surface area contributed by atoms with Crippen molar-refractivity contribution in [2.75, 3.05) is 4.90 Å². The van der Waals surface area contributed by atoms with Gasteiger partial charge in [-0.1, -0.05) is 97.1 Å². The van der Waals surface area contributed by atoms with Gasteiger partial charge in [-0.25, -0.2) is 0 Å². The Bertz CT molecular complexity index is 1960. The fourth-order valence-corrected chi connectivity index (χ4v) is 6.23. The van der Waals surface area contributed by atoms with Gasteiger partial charge in [0.15, 0.2) is 3.95 Å². The summed E-state index contributed by atoms with van der Waals surface area (Å²) >= 11 is 6.34. The third kappa shape index (κ3) is 6.87. The van der Waals surface area contributed by atoms with Crippen molar-refractivity contribution in [1.29, 1.82) is 0 Å². The number of rotatable bonds is 9. The van der Waals surface area contributed by atoms with Crippen LogP contribution < -0.4 is 4.90 Å². The number of carbonyl (C=O) groups is 1. The number of hydrogen-bond acceptors (Lipinski definition) is 5. The molecular weight excluding hydrogens is 597 g/mol. The Kier molecular flexibility index (Phi) is 8.85. The molecule has 5 aromatic carbocycles. The molecule has 7 heteroatoms. The lowest BCUT2D eigenvalue weighted by Crippen LogP contribution is -2.09. The minimum atomic E-state index is -1.07. The van der Waals surface area contributed by atoms with Gasteiger partial charge in [-0.2, -0.15) is 0 Å². The minimum Gasteiger partial charge on any atom is -0.493 e. The third-order valence-corrected chi connectivity index (χ3v) is 8.65. The zero-order chi connectivity index (χ0) is 31.2. The molecule has 5 nitrogen and oxygen atoms in total. The van der Waals surface area contributed by atoms with Gasteiger partial charge < -0.3 is 15.1 Å². The van der Waals surface area contributed by atoms with Crippen LogP contribution in [0.25, 0.3) is 34.4 Å². The monoisotopic (exact) mass is 624 g/mol. The van der Waals surface area contributed by atoms with Gasteiger partial charge >= 0.3 is 5.97 Å². The molecule has 45 heavy (non-hydrogen) atoms. The highest BCUT2D eigenvalue weighted by Crippen LogP contribution is 2.37. The number of hydrogen-bond donors (Lipinski definition) is 2. The third-order valence-electron chi connectivity index (χ3n) is 7.27. The average molecular weight is 625 g/mol. The number of nitrogens with zero attached hydrogens (tertiary/aromatic N) is 2. The highest BCUT2D eigenvalue weighted by atomic mass is 32.1. The Morgan fingerprint density at radius 1 is 0.689 bits per heavy atom. The second-order valence-electron chi connectivity index (χ2n) is 10.2. The smallest absolute Gasteiger partial charge is 0.323 e. The summed E-state index contributed by atoms with van der Waals surface area (Å²) in [6, 6.07) is 46.0. The molecule has 0 aliphatic rings. The van der Waals surface area contributed by atoms with Crippen LogP contribution >= 0.6 is 23.6 Å². The predicted molar refractivity (Wildman–Crippen MR) is 187 cm³/mol. The Balaban J connectivity index is 1.31. The molecule has 0 spiro atoms. The summed E-state index contributed by atoms with van der Waals surface area (Å²) in [4.78, 5) is 13.8. The van der Waals surface area contributed by atoms with E-state index in [0.717, 1.165) is 45.1 Å². The zero-order valence-corrected chi connectivity index (χ0v) is 25.7. The number of thiazole rings is 1. The van der Waals surface area contributed by atoms with E-state index in [1.807, 2.05) is 48.5 Å². The molecule has 0 atom stereocenters. The van der Waals surface area contributed by atoms with E-state index in [1.165, 1.54) is 15.7 Å². The van der Waals surface area contributed by atoms with Crippen molar-refractivity contribution >= 4 is 58.7 Å². The maximum atomic E-state index is 11.1. The SMILES string of the molecule is O=C(O)Cn1c(O)c(C=C=Cc2ccc(N(c3ccc(-c4ccccc4)cc3)c3ccc(-c4ccccc4)cc3)cc2)sc1=S. The van der Waals surface area contributed by atoms with Crippen molar-refractivity contribution in [2.45, 2.75) is 6.54 Å². The standard InChI is InChI=1S/C38H28N2O3S2/c41-36(42)26-39-37(43)35(45-38(39)44)13-7-8-27-14-20-32(21-15-27)40(33-22-16-30(17-23-33)28-9-3-1-4-10-28)34-24-18-31(19-25-34)29-11-5-2-6-12-29/h1-6,8-25,43H,26H2,(H,41,42). The molecule has 0 amide bonds. The molecule has 0 saturated heterocycles. The molecule has 0 unspecified atom stereocenters. The number of aromatic hydroxyl groups is 1. The van der Waals surface area contributed by atoms with Crippen LogP contribution in [0.15, 0.2) is 139 Å². The van der Waals surface area contributed by atoms with Gasteiger partial charge in [0, 0.05) is 23.1 Å². The molecule has 2 N–H and O–H groups in total. The summed E-state index contributed by atoms with van der Waals surface area (Å²) in [7, 11) is 0. The van der Waals surface area contributed by atoms with E-state index in [2.05, 4.69) is 95.6 Å². The first-order valence-electron chi connectivity index (χ1n) is 14.2. The molecule has 1 aromatic heterocycles. The maximum absolute atomic E-state index is 11.1. The number of anilines is 3. The van der Waals surface area contributed by atoms with Gasteiger partial charge in [-0.3, -0.25) is 9.36 Å². The molecular formula is C38H28N2O3S2. The van der Waals surface area contributed by atoms with E-state index < -0.39 is 5.97 Å². The van der Waals surface area contributed by atoms with E-state index in [0.29, 0.717) is 8.83 Å². The van der Waals surface area contributed by atoms with Crippen LogP contribution in [-0.4, -0.2) is 20.7 Å². The fourth-order valence-electron chi connectivity index (χ4n) is 5.03. The summed E-state index contributed by atoms with van der Waals surface area (Å²) in [5.41, 5.74) is 11.7. The van der Waals surface area contributed by atoms with Crippen LogP contribution in [0.1, 0.15) is 10.4 Å². The van der Waals surface area contributed by atoms with Crippen molar-refractivity contribution in [3.63, 3.8) is 0 Å². The van der Waals surface area contributed by atoms with Crippen LogP contribution in [-0.2, 0) is 11.3 Å². The molecule has 0 fully saturated rings. The van der Waals surface area contributed by atoms with Crippen LogP contribution in [0.2, 0.25) is 0 Å². The van der Waals surface area contributed by atoms with Gasteiger partial charge in [0.1, 0.15) is 6.54 Å². The Labute approximate surface area is 270 Å². The van der Waals surface area contributed by atoms with Gasteiger partial charge in [0.05, 0.1) is 4.88 Å². The first kappa shape index (κ1) is 29.6. The second-order valence-corrected chi connectivity index (χ2v) is 11.9. The maximum Gasteiger partial charge on any atom is 0.323 e. The van der Waals surface area contributed by atoms with Crippen molar-refractivity contribution < 1.29 is 15.0 Å². The van der Waals surface area contributed by atoms with Crippen molar-refractivity contribution in [1.82, 2.24) is 4.57 Å². The molecule has 0 bridgehead atoms. The van der Waals surface area contributed by atoms with Crippen LogP contribution in [0, 0.1) is 3.95 Å². The molecule has 6 aromatic rings. The largest absolute Gasteiger partial charge is 0.493 e. The van der Waals surface area contributed by atoms with Crippen LogP contribution in [0.5, 0.6) is 5.88 Å². The van der Waals surface area contributed by atoms with E-state index in [4.69, 9.17) is 17.3 Å². The first-order valence-corrected chi connectivity index (χ1v) is 15.5. The minimum absolute atomic E-state index is 0.171. The topological polar surface area (TPSA) is 65.7 Å². The Morgan fingerprint density at radius 2 is 1.13 bits per heavy atom. The van der Waals surface area contributed by atoms with Crippen molar-refractivity contribution in [3.8, 4) is 28.1 Å². The lowest BCUT2D eigenvalue weighted by atomic mass is 10.0. The van der Waals surface area contributed by atoms with Crippen LogP contribution in [0.3, 0.4) is 0 Å². The Morgan fingerprint density at radius 3 is 1.60 bits per heavy atom. The molecule has 0 aliphatic heterocycles. The second kappa shape index (κ2) is 13.5. The fraction of sp³-hybridized carbons (Fsp3) is 0.0263. The molecule has 220 valence electrons. The summed E-state index contributed by atoms with van der Waals surface area (Å²) < 4.78 is 1.49. The lowest BCUT2D eigenvalue weighted by molar-refractivity contribution is -0.137. The van der Waals surface area contributed by atoms with E-state index in [1.54, 1.807) is 12.2 Å². The van der Waals surface area contributed by atoms with Gasteiger partial charge in [0.25, 0.3) is 0 Å². The van der Waals surface area contributed by atoms with Crippen molar-refractivity contribution in [2.24, 2.45) is 0 Å². The summed E-state index contributed by atoms with van der Waals surface area (Å²) in [6.07, 6.45) is 3.41. The van der Waals surface area contributed by atoms with Gasteiger partial charge in [-0.15, -0.1) is 17.1 Å². The number of carboxylic acid groups (broad SMARTS) is 1. The van der Waals surface area contributed by atoms with Gasteiger partial charge in [-0.05, 0) is 82.5 Å². The number of aromatic nitrogens is 1. The normalized spacial score (nSPS) is 10.6. The Hall–Kier alpha value is -5.46. The molecule has 6 rings (SSSR count). The quantitative estimate of drug-likeness (QED) is 0.124. The first-order chi connectivity index (χ1) is 22.0. The highest BCUT2D eigenvalue weighted by Gasteiger charge is 2.14. The van der Waals surface area contributed by atoms with Gasteiger partial charge in [0.2, 0.25) is 5.88 Å². The molecule has 0 aliphatic carbocycles. The number of carboxylic acids is 1. The molecule has 1 heterocycles. The van der Waals surface area contributed by atoms with Crippen molar-refractivity contribution in [3.05, 3.63) is 154 Å². The lowest BCUT2D eigenvalue weighted by Gasteiger charge is -2.26. The predicted octanol–water partition coefficient (Wildman–Crippen LogP) is 10.2. The van der Waals surface area contributed by atoms with E-state index in [9.17, 15) is 9.90 Å². The number of aliphatic carboxylic acids is 1. The molecule has 0 radical (unpaired) electrons. The van der Waals surface area contributed by atoms with Crippen LogP contribution in [0.4, 0.5) is 17.1 Å². The summed E-state index contributed by atoms with van der Waals surface area (Å²) in [6.45, 7) is -0.388. The zero-order valence-electron chi connectivity index (χ0n) is 24.1. The van der Waals surface area contributed by atoms with E-state index in [-0.39, 0.29) is 12.4 Å². The highest BCUT2D eigenvalue weighted by molar-refractivity contribution is 7.73. The van der Waals surface area contributed by atoms with E-state index >= 15 is 0 Å².